The van der Waals surface area contributed by atoms with Gasteiger partial charge in [0.15, 0.2) is 5.60 Å². The summed E-state index contributed by atoms with van der Waals surface area (Å²) >= 11 is 4.07. The van der Waals surface area contributed by atoms with Gasteiger partial charge in [-0.1, -0.05) is 30.7 Å². The molecule has 0 spiro atoms. The second-order valence-corrected chi connectivity index (χ2v) is 8.40. The smallest absolute Gasteiger partial charge is 0.342 e. The van der Waals surface area contributed by atoms with Crippen LogP contribution in [0.1, 0.15) is 33.6 Å². The van der Waals surface area contributed by atoms with Crippen molar-refractivity contribution in [2.24, 2.45) is 5.92 Å². The zero-order chi connectivity index (χ0) is 21.2. The van der Waals surface area contributed by atoms with Gasteiger partial charge in [0.1, 0.15) is 12.2 Å². The molecule has 1 fully saturated rings. The van der Waals surface area contributed by atoms with Gasteiger partial charge in [0.2, 0.25) is 0 Å². The second kappa shape index (κ2) is 8.82. The SMILES string of the molecule is C=C1C(=O)O[C@@H]2/C=C(\C)C[C@@H](O)/C=C(\C)C[C@@H](OC(=O)[C@@](O)(CO)[C@H](C)S)[C@H]12. The molecular weight excluding hydrogens is 384 g/mol. The van der Waals surface area contributed by atoms with E-state index in [1.807, 2.05) is 6.92 Å². The Kier molecular flexibility index (Phi) is 7.14. The lowest BCUT2D eigenvalue weighted by Crippen LogP contribution is -2.52. The molecular formula is C20H28O7S. The molecule has 6 atom stereocenters. The molecule has 0 amide bonds. The molecule has 0 aromatic carbocycles. The summed E-state index contributed by atoms with van der Waals surface area (Å²) in [5.41, 5.74) is -0.455. The number of hydrogen-bond acceptors (Lipinski definition) is 8. The average Bonchev–Trinajstić information content (AvgIpc) is 2.85. The van der Waals surface area contributed by atoms with E-state index in [0.717, 1.165) is 11.1 Å². The Balaban J connectivity index is 2.43. The zero-order valence-electron chi connectivity index (χ0n) is 16.3. The van der Waals surface area contributed by atoms with Crippen LogP contribution >= 0.6 is 12.6 Å². The van der Waals surface area contributed by atoms with Crippen molar-refractivity contribution in [1.82, 2.24) is 0 Å². The Labute approximate surface area is 170 Å². The lowest BCUT2D eigenvalue weighted by atomic mass is 9.85. The fourth-order valence-electron chi connectivity index (χ4n) is 3.48. The highest BCUT2D eigenvalue weighted by molar-refractivity contribution is 7.81. The molecule has 0 unspecified atom stereocenters. The highest BCUT2D eigenvalue weighted by Gasteiger charge is 2.48. The molecule has 1 heterocycles. The normalized spacial score (nSPS) is 35.4. The molecule has 28 heavy (non-hydrogen) atoms. The molecule has 8 heteroatoms. The average molecular weight is 413 g/mol. The van der Waals surface area contributed by atoms with E-state index in [9.17, 15) is 24.9 Å². The van der Waals surface area contributed by atoms with E-state index < -0.39 is 53.6 Å². The van der Waals surface area contributed by atoms with E-state index in [2.05, 4.69) is 19.2 Å². The number of esters is 2. The summed E-state index contributed by atoms with van der Waals surface area (Å²) in [6, 6.07) is 0. The molecule has 156 valence electrons. The van der Waals surface area contributed by atoms with Gasteiger partial charge in [-0.05, 0) is 26.3 Å². The van der Waals surface area contributed by atoms with Crippen LogP contribution in [-0.2, 0) is 19.1 Å². The van der Waals surface area contributed by atoms with Gasteiger partial charge < -0.3 is 24.8 Å². The van der Waals surface area contributed by atoms with Crippen LogP contribution in [0.25, 0.3) is 0 Å². The first-order valence-corrected chi connectivity index (χ1v) is 9.66. The van der Waals surface area contributed by atoms with Gasteiger partial charge in [-0.3, -0.25) is 0 Å². The van der Waals surface area contributed by atoms with Gasteiger partial charge >= 0.3 is 11.9 Å². The number of hydrogen-bond donors (Lipinski definition) is 4. The van der Waals surface area contributed by atoms with Gasteiger partial charge in [0, 0.05) is 17.2 Å². The van der Waals surface area contributed by atoms with E-state index in [1.165, 1.54) is 6.92 Å². The minimum atomic E-state index is -2.19. The highest BCUT2D eigenvalue weighted by atomic mass is 32.1. The van der Waals surface area contributed by atoms with Crippen LogP contribution in [0.3, 0.4) is 0 Å². The topological polar surface area (TPSA) is 113 Å². The molecule has 0 saturated carbocycles. The van der Waals surface area contributed by atoms with Crippen molar-refractivity contribution in [3.63, 3.8) is 0 Å². The Morgan fingerprint density at radius 1 is 1.39 bits per heavy atom. The number of carbonyl (C=O) groups is 2. The van der Waals surface area contributed by atoms with Crippen molar-refractivity contribution in [2.75, 3.05) is 6.61 Å². The third kappa shape index (κ3) is 4.68. The predicted molar refractivity (Wildman–Crippen MR) is 106 cm³/mol. The Morgan fingerprint density at radius 3 is 2.57 bits per heavy atom. The molecule has 7 nitrogen and oxygen atoms in total. The number of carbonyl (C=O) groups excluding carboxylic acids is 2. The van der Waals surface area contributed by atoms with Crippen LogP contribution in [0.4, 0.5) is 0 Å². The van der Waals surface area contributed by atoms with Gasteiger partial charge in [0.05, 0.1) is 18.6 Å². The predicted octanol–water partition coefficient (Wildman–Crippen LogP) is 1.08. The molecule has 0 aromatic rings. The number of aliphatic hydroxyl groups excluding tert-OH is 2. The first-order chi connectivity index (χ1) is 13.0. The van der Waals surface area contributed by atoms with Crippen LogP contribution in [0.2, 0.25) is 0 Å². The maximum atomic E-state index is 12.6. The third-order valence-corrected chi connectivity index (χ3v) is 5.61. The van der Waals surface area contributed by atoms with E-state index >= 15 is 0 Å². The van der Waals surface area contributed by atoms with Crippen LogP contribution in [0, 0.1) is 5.92 Å². The summed E-state index contributed by atoms with van der Waals surface area (Å²) in [4.78, 5) is 24.8. The van der Waals surface area contributed by atoms with Crippen LogP contribution in [0.15, 0.2) is 35.5 Å². The standard InChI is InChI=1S/C20H28O7S/c1-10-5-14(22)6-11(2)8-16(17-12(3)18(23)26-15(17)7-10)27-19(24)20(25,9-21)13(4)28/h6-7,13-17,21-22,25,28H,3,5,8-9H2,1-2,4H3/b10-7+,11-6+/t13-,14+,15+,16+,17+,20+/m0/s1. The lowest BCUT2D eigenvalue weighted by molar-refractivity contribution is -0.177. The summed E-state index contributed by atoms with van der Waals surface area (Å²) in [6.07, 6.45) is 1.66. The summed E-state index contributed by atoms with van der Waals surface area (Å²) in [6.45, 7) is 7.99. The summed E-state index contributed by atoms with van der Waals surface area (Å²) in [7, 11) is 0. The number of fused-ring (bicyclic) bond motifs is 1. The number of rotatable bonds is 4. The van der Waals surface area contributed by atoms with Gasteiger partial charge in [-0.2, -0.15) is 12.6 Å². The number of thiol groups is 1. The Morgan fingerprint density at radius 2 is 2.00 bits per heavy atom. The summed E-state index contributed by atoms with van der Waals surface area (Å²) in [5.74, 6) is -2.27. The summed E-state index contributed by atoms with van der Waals surface area (Å²) < 4.78 is 11.0. The number of aliphatic hydroxyl groups is 3. The molecule has 0 aromatic heterocycles. The van der Waals surface area contributed by atoms with Crippen molar-refractivity contribution in [3.8, 4) is 0 Å². The molecule has 1 aliphatic carbocycles. The van der Waals surface area contributed by atoms with Crippen LogP contribution in [0.5, 0.6) is 0 Å². The maximum absolute atomic E-state index is 12.6. The molecule has 1 saturated heterocycles. The van der Waals surface area contributed by atoms with Crippen molar-refractivity contribution < 1.29 is 34.4 Å². The Hall–Kier alpha value is -1.61. The molecule has 2 rings (SSSR count). The second-order valence-electron chi connectivity index (χ2n) is 7.62. The van der Waals surface area contributed by atoms with Gasteiger partial charge in [0.25, 0.3) is 0 Å². The monoisotopic (exact) mass is 412 g/mol. The highest BCUT2D eigenvalue weighted by Crippen LogP contribution is 2.37. The molecule has 1 aliphatic heterocycles. The largest absolute Gasteiger partial charge is 0.459 e. The summed E-state index contributed by atoms with van der Waals surface area (Å²) in [5, 5.41) is 29.2. The van der Waals surface area contributed by atoms with E-state index in [1.54, 1.807) is 19.1 Å². The first kappa shape index (κ1) is 22.7. The van der Waals surface area contributed by atoms with Gasteiger partial charge in [-0.15, -0.1) is 0 Å². The number of ether oxygens (including phenoxy) is 2. The van der Waals surface area contributed by atoms with Crippen molar-refractivity contribution in [2.45, 2.75) is 62.8 Å². The van der Waals surface area contributed by atoms with E-state index in [4.69, 9.17) is 9.47 Å². The molecule has 0 bridgehead atoms. The van der Waals surface area contributed by atoms with Crippen LogP contribution in [-0.4, -0.2) is 63.0 Å². The van der Waals surface area contributed by atoms with E-state index in [-0.39, 0.29) is 12.0 Å². The Bertz CT molecular complexity index is 711. The fourth-order valence-corrected chi connectivity index (χ4v) is 3.67. The first-order valence-electron chi connectivity index (χ1n) is 9.14. The molecule has 2 aliphatic rings. The van der Waals surface area contributed by atoms with Crippen molar-refractivity contribution >= 4 is 24.6 Å². The zero-order valence-corrected chi connectivity index (χ0v) is 17.2. The fraction of sp³-hybridized carbons (Fsp3) is 0.600. The van der Waals surface area contributed by atoms with E-state index in [0.29, 0.717) is 6.42 Å². The maximum Gasteiger partial charge on any atom is 0.342 e. The molecule has 3 N–H and O–H groups in total. The lowest BCUT2D eigenvalue weighted by Gasteiger charge is -2.32. The third-order valence-electron chi connectivity index (χ3n) is 5.19. The minimum Gasteiger partial charge on any atom is -0.459 e. The quantitative estimate of drug-likeness (QED) is 0.237. The van der Waals surface area contributed by atoms with Crippen molar-refractivity contribution in [3.05, 3.63) is 35.5 Å². The minimum absolute atomic E-state index is 0.173. The molecule has 0 radical (unpaired) electrons. The van der Waals surface area contributed by atoms with Crippen LogP contribution < -0.4 is 0 Å². The van der Waals surface area contributed by atoms with Gasteiger partial charge in [-0.25, -0.2) is 9.59 Å². The van der Waals surface area contributed by atoms with Crippen molar-refractivity contribution in [1.29, 1.82) is 0 Å².